The second-order valence-corrected chi connectivity index (χ2v) is 7.98. The number of hydrogen-bond donors (Lipinski definition) is 1. The summed E-state index contributed by atoms with van der Waals surface area (Å²) in [5.41, 5.74) is 1.66. The van der Waals surface area contributed by atoms with Gasteiger partial charge in [0.05, 0.1) is 11.9 Å². The molecule has 5 nitrogen and oxygen atoms in total. The summed E-state index contributed by atoms with van der Waals surface area (Å²) >= 11 is 0. The molecular formula is C18H20F2N2O3S. The Morgan fingerprint density at radius 2 is 1.62 bits per heavy atom. The topological polar surface area (TPSA) is 66.5 Å². The van der Waals surface area contributed by atoms with E-state index in [0.29, 0.717) is 5.69 Å². The molecule has 1 amide bonds. The number of rotatable bonds is 6. The molecule has 0 radical (unpaired) electrons. The van der Waals surface area contributed by atoms with Crippen LogP contribution in [0, 0.1) is 25.5 Å². The average Bonchev–Trinajstić information content (AvgIpc) is 2.49. The molecule has 140 valence electrons. The Balaban J connectivity index is 2.16. The molecule has 2 aromatic rings. The Morgan fingerprint density at radius 1 is 1.08 bits per heavy atom. The normalized spacial score (nSPS) is 11.3. The standard InChI is InChI=1S/C18H20F2N2O3S/c1-12-9-13(2)11-14(10-12)22(26(3,24)25)8-7-17(23)21-18-15(19)5-4-6-16(18)20/h4-6,9-11H,7-8H2,1-3H3,(H,21,23). The summed E-state index contributed by atoms with van der Waals surface area (Å²) in [7, 11) is -3.63. The number of nitrogens with zero attached hydrogens (tertiary/aromatic N) is 1. The lowest BCUT2D eigenvalue weighted by atomic mass is 10.1. The monoisotopic (exact) mass is 382 g/mol. The maximum Gasteiger partial charge on any atom is 0.232 e. The van der Waals surface area contributed by atoms with Gasteiger partial charge in [-0.1, -0.05) is 12.1 Å². The van der Waals surface area contributed by atoms with Crippen molar-refractivity contribution in [3.05, 3.63) is 59.2 Å². The molecule has 0 heterocycles. The van der Waals surface area contributed by atoms with E-state index < -0.39 is 33.3 Å². The van der Waals surface area contributed by atoms with Gasteiger partial charge in [-0.25, -0.2) is 17.2 Å². The van der Waals surface area contributed by atoms with Gasteiger partial charge in [-0.15, -0.1) is 0 Å². The summed E-state index contributed by atoms with van der Waals surface area (Å²) in [5, 5.41) is 2.15. The maximum absolute atomic E-state index is 13.6. The number of aryl methyl sites for hydroxylation is 2. The van der Waals surface area contributed by atoms with Crippen molar-refractivity contribution in [1.82, 2.24) is 0 Å². The van der Waals surface area contributed by atoms with Crippen LogP contribution in [0.5, 0.6) is 0 Å². The van der Waals surface area contributed by atoms with E-state index in [1.165, 1.54) is 6.07 Å². The Hall–Kier alpha value is -2.48. The van der Waals surface area contributed by atoms with E-state index in [1.54, 1.807) is 12.1 Å². The molecule has 8 heteroatoms. The van der Waals surface area contributed by atoms with Gasteiger partial charge >= 0.3 is 0 Å². The third kappa shape index (κ3) is 5.01. The van der Waals surface area contributed by atoms with Crippen LogP contribution in [0.1, 0.15) is 17.5 Å². The van der Waals surface area contributed by atoms with Gasteiger partial charge in [0.15, 0.2) is 0 Å². The van der Waals surface area contributed by atoms with Crippen molar-refractivity contribution in [3.8, 4) is 0 Å². The number of hydrogen-bond acceptors (Lipinski definition) is 3. The summed E-state index contributed by atoms with van der Waals surface area (Å²) in [6.45, 7) is 3.53. The Kier molecular flexibility index (Phi) is 5.97. The van der Waals surface area contributed by atoms with Crippen LogP contribution in [-0.2, 0) is 14.8 Å². The first-order valence-corrected chi connectivity index (χ1v) is 9.72. The quantitative estimate of drug-likeness (QED) is 0.833. The minimum atomic E-state index is -3.63. The molecule has 0 aliphatic heterocycles. The van der Waals surface area contributed by atoms with Gasteiger partial charge in [0.2, 0.25) is 15.9 Å². The Bertz CT molecular complexity index is 890. The fraction of sp³-hybridized carbons (Fsp3) is 0.278. The second-order valence-electron chi connectivity index (χ2n) is 6.08. The molecule has 0 saturated carbocycles. The molecule has 0 unspecified atom stereocenters. The van der Waals surface area contributed by atoms with Crippen LogP contribution in [0.25, 0.3) is 0 Å². The predicted molar refractivity (Wildman–Crippen MR) is 97.7 cm³/mol. The molecule has 2 rings (SSSR count). The second kappa shape index (κ2) is 7.82. The van der Waals surface area contributed by atoms with E-state index >= 15 is 0 Å². The highest BCUT2D eigenvalue weighted by Gasteiger charge is 2.20. The van der Waals surface area contributed by atoms with Crippen molar-refractivity contribution >= 4 is 27.3 Å². The van der Waals surface area contributed by atoms with Crippen molar-refractivity contribution in [2.45, 2.75) is 20.3 Å². The number of para-hydroxylation sites is 1. The number of benzene rings is 2. The molecule has 0 fully saturated rings. The molecule has 0 aromatic heterocycles. The number of nitrogens with one attached hydrogen (secondary N) is 1. The first-order valence-electron chi connectivity index (χ1n) is 7.88. The first-order chi connectivity index (χ1) is 12.1. The van der Waals surface area contributed by atoms with E-state index in [4.69, 9.17) is 0 Å². The van der Waals surface area contributed by atoms with E-state index in [2.05, 4.69) is 5.32 Å². The van der Waals surface area contributed by atoms with Crippen LogP contribution < -0.4 is 9.62 Å². The summed E-state index contributed by atoms with van der Waals surface area (Å²) in [4.78, 5) is 12.0. The third-order valence-electron chi connectivity index (χ3n) is 3.66. The molecule has 0 bridgehead atoms. The van der Waals surface area contributed by atoms with Gasteiger partial charge in [-0.05, 0) is 49.2 Å². The van der Waals surface area contributed by atoms with Crippen LogP contribution in [-0.4, -0.2) is 27.1 Å². The number of amides is 1. The predicted octanol–water partition coefficient (Wildman–Crippen LogP) is 3.38. The summed E-state index contributed by atoms with van der Waals surface area (Å²) in [6, 6.07) is 8.53. The number of sulfonamides is 1. The highest BCUT2D eigenvalue weighted by atomic mass is 32.2. The lowest BCUT2D eigenvalue weighted by Crippen LogP contribution is -2.33. The zero-order chi connectivity index (χ0) is 19.5. The molecule has 26 heavy (non-hydrogen) atoms. The third-order valence-corrected chi connectivity index (χ3v) is 4.86. The van der Waals surface area contributed by atoms with Crippen LogP contribution in [0.15, 0.2) is 36.4 Å². The van der Waals surface area contributed by atoms with Gasteiger partial charge in [-0.3, -0.25) is 9.10 Å². The van der Waals surface area contributed by atoms with Crippen molar-refractivity contribution in [2.24, 2.45) is 0 Å². The maximum atomic E-state index is 13.6. The zero-order valence-corrected chi connectivity index (χ0v) is 15.5. The average molecular weight is 382 g/mol. The molecule has 0 saturated heterocycles. The van der Waals surface area contributed by atoms with Gasteiger partial charge < -0.3 is 5.32 Å². The highest BCUT2D eigenvalue weighted by molar-refractivity contribution is 7.92. The lowest BCUT2D eigenvalue weighted by Gasteiger charge is -2.23. The summed E-state index contributed by atoms with van der Waals surface area (Å²) < 4.78 is 52.5. The smallest absolute Gasteiger partial charge is 0.232 e. The summed E-state index contributed by atoms with van der Waals surface area (Å²) in [6.07, 6.45) is 0.785. The molecule has 1 N–H and O–H groups in total. The first kappa shape index (κ1) is 19.8. The molecular weight excluding hydrogens is 362 g/mol. The van der Waals surface area contributed by atoms with Gasteiger partial charge in [0.25, 0.3) is 0 Å². The number of carbonyl (C=O) groups is 1. The van der Waals surface area contributed by atoms with E-state index in [1.807, 2.05) is 19.9 Å². The zero-order valence-electron chi connectivity index (χ0n) is 14.7. The highest BCUT2D eigenvalue weighted by Crippen LogP contribution is 2.22. The van der Waals surface area contributed by atoms with Gasteiger partial charge in [0.1, 0.15) is 17.3 Å². The van der Waals surface area contributed by atoms with E-state index in [0.717, 1.165) is 33.8 Å². The Labute approximate surface area is 151 Å². The van der Waals surface area contributed by atoms with Gasteiger partial charge in [0, 0.05) is 13.0 Å². The van der Waals surface area contributed by atoms with Gasteiger partial charge in [-0.2, -0.15) is 0 Å². The molecule has 0 spiro atoms. The van der Waals surface area contributed by atoms with Crippen molar-refractivity contribution < 1.29 is 22.0 Å². The van der Waals surface area contributed by atoms with Crippen LogP contribution in [0.2, 0.25) is 0 Å². The number of anilines is 2. The minimum Gasteiger partial charge on any atom is -0.321 e. The van der Waals surface area contributed by atoms with Crippen LogP contribution >= 0.6 is 0 Å². The molecule has 0 aliphatic carbocycles. The van der Waals surface area contributed by atoms with Crippen molar-refractivity contribution in [3.63, 3.8) is 0 Å². The molecule has 2 aromatic carbocycles. The number of halogens is 2. The summed E-state index contributed by atoms with van der Waals surface area (Å²) in [5.74, 6) is -2.48. The minimum absolute atomic E-state index is 0.149. The van der Waals surface area contributed by atoms with Crippen LogP contribution in [0.4, 0.5) is 20.2 Å². The Morgan fingerprint density at radius 3 is 2.12 bits per heavy atom. The van der Waals surface area contributed by atoms with E-state index in [9.17, 15) is 22.0 Å². The lowest BCUT2D eigenvalue weighted by molar-refractivity contribution is -0.116. The largest absolute Gasteiger partial charge is 0.321 e. The SMILES string of the molecule is Cc1cc(C)cc(N(CCC(=O)Nc2c(F)cccc2F)S(C)(=O)=O)c1. The van der Waals surface area contributed by atoms with Crippen molar-refractivity contribution in [2.75, 3.05) is 22.4 Å². The molecule has 0 atom stereocenters. The van der Waals surface area contributed by atoms with Crippen molar-refractivity contribution in [1.29, 1.82) is 0 Å². The van der Waals surface area contributed by atoms with Crippen LogP contribution in [0.3, 0.4) is 0 Å². The van der Waals surface area contributed by atoms with E-state index in [-0.39, 0.29) is 13.0 Å². The fourth-order valence-electron chi connectivity index (χ4n) is 2.60. The fourth-order valence-corrected chi connectivity index (χ4v) is 3.51. The number of carbonyl (C=O) groups excluding carboxylic acids is 1. The molecule has 0 aliphatic rings.